The summed E-state index contributed by atoms with van der Waals surface area (Å²) in [7, 11) is 0. The van der Waals surface area contributed by atoms with Crippen molar-refractivity contribution >= 4 is 34.6 Å². The van der Waals surface area contributed by atoms with Gasteiger partial charge in [-0.15, -0.1) is 0 Å². The van der Waals surface area contributed by atoms with E-state index in [1.54, 1.807) is 0 Å². The van der Waals surface area contributed by atoms with Gasteiger partial charge in [-0.05, 0) is 48.6 Å². The second-order valence-electron chi connectivity index (χ2n) is 9.98. The molecule has 1 fully saturated rings. The number of fused-ring (bicyclic) bond motifs is 1. The molecule has 1 aliphatic carbocycles. The lowest BCUT2D eigenvalue weighted by Gasteiger charge is -2.26. The Hall–Kier alpha value is -3.84. The normalized spacial score (nSPS) is 14.9. The third-order valence-corrected chi connectivity index (χ3v) is 8.11. The van der Waals surface area contributed by atoms with Gasteiger partial charge in [0.1, 0.15) is 18.3 Å². The van der Waals surface area contributed by atoms with Gasteiger partial charge in [0.05, 0.1) is 17.1 Å². The number of carbonyl (C=O) groups excluding carboxylic acids is 2. The minimum atomic E-state index is -0.575. The molecule has 0 aliphatic heterocycles. The van der Waals surface area contributed by atoms with Crippen LogP contribution in [0.5, 0.6) is 5.75 Å². The number of carbonyl (C=O) groups is 2. The van der Waals surface area contributed by atoms with Gasteiger partial charge in [0.2, 0.25) is 0 Å². The van der Waals surface area contributed by atoms with Crippen LogP contribution in [-0.4, -0.2) is 22.9 Å². The maximum atomic E-state index is 13.7. The third-order valence-electron chi connectivity index (χ3n) is 7.18. The average molecular weight is 556 g/mol. The highest BCUT2D eigenvalue weighted by Gasteiger charge is 2.35. The molecule has 1 heterocycles. The summed E-state index contributed by atoms with van der Waals surface area (Å²) >= 11 is 1.28. The first-order valence-corrected chi connectivity index (χ1v) is 14.7. The minimum absolute atomic E-state index is 0.106. The summed E-state index contributed by atoms with van der Waals surface area (Å²) in [4.78, 5) is 29.7. The van der Waals surface area contributed by atoms with E-state index in [-0.39, 0.29) is 29.7 Å². The van der Waals surface area contributed by atoms with Crippen LogP contribution >= 0.6 is 11.8 Å². The van der Waals surface area contributed by atoms with E-state index in [9.17, 15) is 9.59 Å². The summed E-state index contributed by atoms with van der Waals surface area (Å²) in [6.07, 6.45) is 4.19. The largest absolute Gasteiger partial charge is 0.487 e. The summed E-state index contributed by atoms with van der Waals surface area (Å²) in [5.41, 5.74) is 2.99. The van der Waals surface area contributed by atoms with Crippen molar-refractivity contribution in [1.29, 1.82) is 0 Å². The van der Waals surface area contributed by atoms with Crippen molar-refractivity contribution in [2.75, 3.05) is 5.94 Å². The van der Waals surface area contributed by atoms with Gasteiger partial charge in [0, 0.05) is 17.9 Å². The fraction of sp³-hybridized carbons (Fsp3) is 0.303. The highest BCUT2D eigenvalue weighted by atomic mass is 32.2. The van der Waals surface area contributed by atoms with Crippen LogP contribution in [0.25, 0.3) is 10.9 Å². The predicted octanol–water partition coefficient (Wildman–Crippen LogP) is 7.58. The smallest absolute Gasteiger partial charge is 0.315 e. The molecule has 7 heteroatoms. The van der Waals surface area contributed by atoms with E-state index in [0.29, 0.717) is 6.61 Å². The van der Waals surface area contributed by atoms with Crippen molar-refractivity contribution in [2.45, 2.75) is 50.6 Å². The second-order valence-corrected chi connectivity index (χ2v) is 11.0. The van der Waals surface area contributed by atoms with Crippen LogP contribution in [0.2, 0.25) is 0 Å². The first-order valence-electron chi connectivity index (χ1n) is 13.6. The van der Waals surface area contributed by atoms with E-state index in [1.165, 1.54) is 18.7 Å². The second kappa shape index (κ2) is 13.5. The maximum absolute atomic E-state index is 13.7. The standard InChI is InChI=1S/C33H33NO5S/c1-23(35)38-22-40-33(27-12-3-2-4-13-27)39-32(36)31(25-10-5-6-11-25)26-16-19-29(20-17-26)37-21-28-18-15-24-9-7-8-14-30(24)34-28/h2-4,7-9,12-20,25,31,33H,5-6,10-11,21-22H2,1H3. The third kappa shape index (κ3) is 7.21. The van der Waals surface area contributed by atoms with Crippen molar-refractivity contribution in [1.82, 2.24) is 4.98 Å². The van der Waals surface area contributed by atoms with Crippen molar-refractivity contribution < 1.29 is 23.8 Å². The molecule has 0 spiro atoms. The van der Waals surface area contributed by atoms with Crippen LogP contribution in [0.4, 0.5) is 0 Å². The minimum Gasteiger partial charge on any atom is -0.487 e. The lowest BCUT2D eigenvalue weighted by atomic mass is 9.85. The van der Waals surface area contributed by atoms with Crippen molar-refractivity contribution in [2.24, 2.45) is 5.92 Å². The van der Waals surface area contributed by atoms with Gasteiger partial charge in [-0.2, -0.15) is 0 Å². The van der Waals surface area contributed by atoms with Crippen LogP contribution in [-0.2, 0) is 25.7 Å². The Bertz CT molecular complexity index is 1420. The summed E-state index contributed by atoms with van der Waals surface area (Å²) in [5.74, 6) is 0.0406. The first-order chi connectivity index (χ1) is 19.6. The Balaban J connectivity index is 1.29. The zero-order chi connectivity index (χ0) is 27.7. The zero-order valence-corrected chi connectivity index (χ0v) is 23.3. The number of benzene rings is 3. The van der Waals surface area contributed by atoms with E-state index < -0.39 is 5.44 Å². The summed E-state index contributed by atoms with van der Waals surface area (Å²) in [6, 6.07) is 29.4. The molecular formula is C33H33NO5S. The first kappa shape index (κ1) is 27.7. The molecule has 0 saturated heterocycles. The van der Waals surface area contributed by atoms with Crippen LogP contribution < -0.4 is 4.74 Å². The zero-order valence-electron chi connectivity index (χ0n) is 22.5. The van der Waals surface area contributed by atoms with Gasteiger partial charge in [0.15, 0.2) is 5.44 Å². The number of nitrogens with zero attached hydrogens (tertiary/aromatic N) is 1. The van der Waals surface area contributed by atoms with E-state index in [4.69, 9.17) is 14.2 Å². The van der Waals surface area contributed by atoms with Gasteiger partial charge in [-0.3, -0.25) is 9.59 Å². The lowest BCUT2D eigenvalue weighted by Crippen LogP contribution is -2.24. The topological polar surface area (TPSA) is 74.7 Å². The summed E-state index contributed by atoms with van der Waals surface area (Å²) in [5, 5.41) is 1.10. The Morgan fingerprint density at radius 1 is 0.875 bits per heavy atom. The number of esters is 2. The summed E-state index contributed by atoms with van der Waals surface area (Å²) < 4.78 is 17.3. The highest BCUT2D eigenvalue weighted by Crippen LogP contribution is 2.41. The Kier molecular flexibility index (Phi) is 9.34. The molecule has 2 unspecified atom stereocenters. The monoisotopic (exact) mass is 555 g/mol. The van der Waals surface area contributed by atoms with E-state index >= 15 is 0 Å². The van der Waals surface area contributed by atoms with E-state index in [0.717, 1.165) is 59.2 Å². The molecule has 206 valence electrons. The number of rotatable bonds is 11. The number of ether oxygens (including phenoxy) is 3. The van der Waals surface area contributed by atoms with Gasteiger partial charge < -0.3 is 14.2 Å². The Morgan fingerprint density at radius 2 is 1.60 bits per heavy atom. The molecule has 1 aromatic heterocycles. The van der Waals surface area contributed by atoms with Gasteiger partial charge >= 0.3 is 11.9 Å². The molecule has 6 nitrogen and oxygen atoms in total. The van der Waals surface area contributed by atoms with Crippen molar-refractivity contribution in [3.63, 3.8) is 0 Å². The number of pyridine rings is 1. The van der Waals surface area contributed by atoms with Gasteiger partial charge in [-0.1, -0.05) is 91.3 Å². The molecule has 5 rings (SSSR count). The molecule has 2 atom stereocenters. The van der Waals surface area contributed by atoms with Gasteiger partial charge in [0.25, 0.3) is 0 Å². The van der Waals surface area contributed by atoms with E-state index in [1.807, 2.05) is 84.9 Å². The average Bonchev–Trinajstić information content (AvgIpc) is 3.51. The molecule has 0 radical (unpaired) electrons. The highest BCUT2D eigenvalue weighted by molar-refractivity contribution is 7.99. The molecule has 1 aliphatic rings. The Morgan fingerprint density at radius 3 is 2.35 bits per heavy atom. The molecule has 0 amide bonds. The number of hydrogen-bond acceptors (Lipinski definition) is 7. The fourth-order valence-electron chi connectivity index (χ4n) is 5.17. The fourth-order valence-corrected chi connectivity index (χ4v) is 6.04. The number of para-hydroxylation sites is 1. The van der Waals surface area contributed by atoms with E-state index in [2.05, 4.69) is 11.1 Å². The molecule has 40 heavy (non-hydrogen) atoms. The number of thioether (sulfide) groups is 1. The maximum Gasteiger partial charge on any atom is 0.315 e. The summed E-state index contributed by atoms with van der Waals surface area (Å²) in [6.45, 7) is 1.72. The van der Waals surface area contributed by atoms with Crippen LogP contribution in [0.3, 0.4) is 0 Å². The predicted molar refractivity (Wildman–Crippen MR) is 157 cm³/mol. The lowest BCUT2D eigenvalue weighted by molar-refractivity contribution is -0.148. The van der Waals surface area contributed by atoms with Crippen molar-refractivity contribution in [3.8, 4) is 5.75 Å². The van der Waals surface area contributed by atoms with Crippen LogP contribution in [0.1, 0.15) is 60.8 Å². The van der Waals surface area contributed by atoms with Gasteiger partial charge in [-0.25, -0.2) is 4.98 Å². The Labute approximate surface area is 239 Å². The molecule has 0 N–H and O–H groups in total. The van der Waals surface area contributed by atoms with Crippen LogP contribution in [0, 0.1) is 5.92 Å². The molecule has 1 saturated carbocycles. The number of aromatic nitrogens is 1. The molecule has 3 aromatic carbocycles. The molecule has 4 aromatic rings. The molecule has 0 bridgehead atoms. The quantitative estimate of drug-likeness (QED) is 0.139. The van der Waals surface area contributed by atoms with Crippen molar-refractivity contribution in [3.05, 3.63) is 108 Å². The SMILES string of the molecule is CC(=O)OCSC(OC(=O)C(c1ccc(OCc2ccc3ccccc3n2)cc1)C1CCCC1)c1ccccc1. The number of hydrogen-bond donors (Lipinski definition) is 0. The molecular weight excluding hydrogens is 522 g/mol. The van der Waals surface area contributed by atoms with Crippen LogP contribution in [0.15, 0.2) is 91.0 Å².